The van der Waals surface area contributed by atoms with Gasteiger partial charge in [0, 0.05) is 5.69 Å². The Balaban J connectivity index is 2.07. The van der Waals surface area contributed by atoms with Gasteiger partial charge in [0.05, 0.1) is 18.6 Å². The third kappa shape index (κ3) is 1.95. The van der Waals surface area contributed by atoms with Crippen LogP contribution in [0.4, 0.5) is 5.69 Å². The zero-order valence-corrected chi connectivity index (χ0v) is 9.75. The number of carbonyl (C=O) groups excluding carboxylic acids is 1. The van der Waals surface area contributed by atoms with Crippen LogP contribution in [0.25, 0.3) is 0 Å². The number of aryl methyl sites for hydroxylation is 1. The minimum absolute atomic E-state index is 0.0758. The lowest BCUT2D eigenvalue weighted by atomic mass is 9.82. The molecule has 16 heavy (non-hydrogen) atoms. The summed E-state index contributed by atoms with van der Waals surface area (Å²) in [6.07, 6.45) is 0.824. The van der Waals surface area contributed by atoms with Crippen LogP contribution in [0.3, 0.4) is 0 Å². The highest BCUT2D eigenvalue weighted by atomic mass is 16.5. The van der Waals surface area contributed by atoms with Crippen molar-refractivity contribution in [2.24, 2.45) is 5.41 Å². The summed E-state index contributed by atoms with van der Waals surface area (Å²) in [5.74, 6) is 0.0758. The summed E-state index contributed by atoms with van der Waals surface area (Å²) in [5, 5.41) is 2.96. The largest absolute Gasteiger partial charge is 0.379 e. The first-order valence-electron chi connectivity index (χ1n) is 5.62. The number of ether oxygens (including phenoxy) is 1. The maximum atomic E-state index is 12.1. The molecule has 1 aliphatic heterocycles. The number of hydrogen-bond donors (Lipinski definition) is 1. The smallest absolute Gasteiger partial charge is 0.235 e. The number of nitrogens with one attached hydrogen (secondary N) is 1. The van der Waals surface area contributed by atoms with Gasteiger partial charge in [-0.05, 0) is 31.0 Å². The van der Waals surface area contributed by atoms with Crippen molar-refractivity contribution in [2.75, 3.05) is 18.5 Å². The summed E-state index contributed by atoms with van der Waals surface area (Å²) in [7, 11) is 0. The summed E-state index contributed by atoms with van der Waals surface area (Å²) in [6, 6.07) is 7.84. The first-order chi connectivity index (χ1) is 7.66. The molecule has 0 spiro atoms. The van der Waals surface area contributed by atoms with Gasteiger partial charge in [0.1, 0.15) is 0 Å². The molecule has 1 aromatic rings. The predicted octanol–water partition coefficient (Wildman–Crippen LogP) is 2.36. The molecule has 1 aromatic carbocycles. The van der Waals surface area contributed by atoms with E-state index in [0.717, 1.165) is 17.7 Å². The standard InChI is InChI=1S/C13H17NO2/c1-3-13(8-16-9-13)12(15)14-11-6-4-5-10(2)7-11/h4-7H,3,8-9H2,1-2H3,(H,14,15). The Labute approximate surface area is 95.8 Å². The van der Waals surface area contributed by atoms with Gasteiger partial charge in [0.25, 0.3) is 0 Å². The third-order valence-corrected chi connectivity index (χ3v) is 3.19. The molecule has 0 aromatic heterocycles. The Morgan fingerprint density at radius 2 is 2.25 bits per heavy atom. The van der Waals surface area contributed by atoms with E-state index in [-0.39, 0.29) is 11.3 Å². The van der Waals surface area contributed by atoms with Crippen LogP contribution >= 0.6 is 0 Å². The molecule has 0 atom stereocenters. The minimum atomic E-state index is -0.302. The zero-order chi connectivity index (χ0) is 11.6. The number of benzene rings is 1. The van der Waals surface area contributed by atoms with Crippen LogP contribution in [0.2, 0.25) is 0 Å². The number of rotatable bonds is 3. The van der Waals surface area contributed by atoms with Crippen molar-refractivity contribution in [2.45, 2.75) is 20.3 Å². The molecule has 2 rings (SSSR count). The quantitative estimate of drug-likeness (QED) is 0.847. The van der Waals surface area contributed by atoms with Crippen molar-refractivity contribution in [3.8, 4) is 0 Å². The summed E-state index contributed by atoms with van der Waals surface area (Å²) in [4.78, 5) is 12.1. The van der Waals surface area contributed by atoms with Crippen LogP contribution in [-0.4, -0.2) is 19.1 Å². The monoisotopic (exact) mass is 219 g/mol. The topological polar surface area (TPSA) is 38.3 Å². The maximum absolute atomic E-state index is 12.1. The average Bonchev–Trinajstić information content (AvgIpc) is 2.16. The van der Waals surface area contributed by atoms with Crippen LogP contribution in [0.15, 0.2) is 24.3 Å². The van der Waals surface area contributed by atoms with Gasteiger partial charge in [-0.3, -0.25) is 4.79 Å². The van der Waals surface area contributed by atoms with E-state index in [4.69, 9.17) is 4.74 Å². The van der Waals surface area contributed by atoms with Crippen molar-refractivity contribution in [3.63, 3.8) is 0 Å². The maximum Gasteiger partial charge on any atom is 0.235 e. The first kappa shape index (κ1) is 11.1. The van der Waals surface area contributed by atoms with E-state index in [1.807, 2.05) is 38.1 Å². The highest BCUT2D eigenvalue weighted by molar-refractivity contribution is 5.96. The Bertz CT molecular complexity index is 391. The summed E-state index contributed by atoms with van der Waals surface area (Å²) < 4.78 is 5.15. The van der Waals surface area contributed by atoms with Crippen molar-refractivity contribution < 1.29 is 9.53 Å². The molecular weight excluding hydrogens is 202 g/mol. The summed E-state index contributed by atoms with van der Waals surface area (Å²) >= 11 is 0. The molecular formula is C13H17NO2. The van der Waals surface area contributed by atoms with Crippen molar-refractivity contribution in [3.05, 3.63) is 29.8 Å². The average molecular weight is 219 g/mol. The minimum Gasteiger partial charge on any atom is -0.379 e. The molecule has 0 aliphatic carbocycles. The lowest BCUT2D eigenvalue weighted by molar-refractivity contribution is -0.156. The molecule has 0 saturated carbocycles. The van der Waals surface area contributed by atoms with Gasteiger partial charge in [0.15, 0.2) is 0 Å². The van der Waals surface area contributed by atoms with Gasteiger partial charge in [-0.15, -0.1) is 0 Å². The van der Waals surface area contributed by atoms with Crippen molar-refractivity contribution in [1.82, 2.24) is 0 Å². The van der Waals surface area contributed by atoms with Gasteiger partial charge < -0.3 is 10.1 Å². The van der Waals surface area contributed by atoms with Gasteiger partial charge in [0.2, 0.25) is 5.91 Å². The zero-order valence-electron chi connectivity index (χ0n) is 9.75. The lowest BCUT2D eigenvalue weighted by Crippen LogP contribution is -2.51. The molecule has 0 radical (unpaired) electrons. The van der Waals surface area contributed by atoms with Crippen LogP contribution in [0, 0.1) is 12.3 Å². The molecule has 1 N–H and O–H groups in total. The van der Waals surface area contributed by atoms with Crippen molar-refractivity contribution >= 4 is 11.6 Å². The molecule has 1 heterocycles. The van der Waals surface area contributed by atoms with Gasteiger partial charge in [-0.1, -0.05) is 19.1 Å². The molecule has 1 fully saturated rings. The second-order valence-electron chi connectivity index (χ2n) is 4.45. The van der Waals surface area contributed by atoms with E-state index >= 15 is 0 Å². The molecule has 0 unspecified atom stereocenters. The third-order valence-electron chi connectivity index (χ3n) is 3.19. The first-order valence-corrected chi connectivity index (χ1v) is 5.62. The Kier molecular flexibility index (Phi) is 2.97. The molecule has 1 amide bonds. The number of anilines is 1. The normalized spacial score (nSPS) is 17.6. The van der Waals surface area contributed by atoms with E-state index in [9.17, 15) is 4.79 Å². The van der Waals surface area contributed by atoms with Gasteiger partial charge in [-0.25, -0.2) is 0 Å². The highest BCUT2D eigenvalue weighted by Crippen LogP contribution is 2.32. The molecule has 0 bridgehead atoms. The van der Waals surface area contributed by atoms with Crippen LogP contribution in [0.1, 0.15) is 18.9 Å². The van der Waals surface area contributed by atoms with E-state index < -0.39 is 0 Å². The van der Waals surface area contributed by atoms with Crippen molar-refractivity contribution in [1.29, 1.82) is 0 Å². The highest BCUT2D eigenvalue weighted by Gasteiger charge is 2.44. The number of hydrogen-bond acceptors (Lipinski definition) is 2. The molecule has 1 aliphatic rings. The van der Waals surface area contributed by atoms with Crippen LogP contribution in [-0.2, 0) is 9.53 Å². The van der Waals surface area contributed by atoms with Gasteiger partial charge >= 0.3 is 0 Å². The second-order valence-corrected chi connectivity index (χ2v) is 4.45. The van der Waals surface area contributed by atoms with Crippen LogP contribution < -0.4 is 5.32 Å². The fourth-order valence-corrected chi connectivity index (χ4v) is 1.83. The molecule has 3 nitrogen and oxygen atoms in total. The Hall–Kier alpha value is -1.35. The number of carbonyl (C=O) groups is 1. The SMILES string of the molecule is CCC1(C(=O)Nc2cccc(C)c2)COC1. The Morgan fingerprint density at radius 1 is 1.50 bits per heavy atom. The molecule has 86 valence electrons. The van der Waals surface area contributed by atoms with E-state index in [2.05, 4.69) is 5.32 Å². The van der Waals surface area contributed by atoms with E-state index in [1.165, 1.54) is 0 Å². The Morgan fingerprint density at radius 3 is 2.75 bits per heavy atom. The summed E-state index contributed by atoms with van der Waals surface area (Å²) in [5.41, 5.74) is 1.71. The molecule has 3 heteroatoms. The van der Waals surface area contributed by atoms with Crippen LogP contribution in [0.5, 0.6) is 0 Å². The predicted molar refractivity (Wildman–Crippen MR) is 63.4 cm³/mol. The second kappa shape index (κ2) is 4.26. The summed E-state index contributed by atoms with van der Waals surface area (Å²) in [6.45, 7) is 5.12. The van der Waals surface area contributed by atoms with Gasteiger partial charge in [-0.2, -0.15) is 0 Å². The van der Waals surface area contributed by atoms with E-state index in [1.54, 1.807) is 0 Å². The molecule has 1 saturated heterocycles. The number of amides is 1. The lowest BCUT2D eigenvalue weighted by Gasteiger charge is -2.38. The fraction of sp³-hybridized carbons (Fsp3) is 0.462. The van der Waals surface area contributed by atoms with E-state index in [0.29, 0.717) is 13.2 Å². The fourth-order valence-electron chi connectivity index (χ4n) is 1.83.